The highest BCUT2D eigenvalue weighted by molar-refractivity contribution is 7.17. The van der Waals surface area contributed by atoms with Gasteiger partial charge in [0.15, 0.2) is 0 Å². The monoisotopic (exact) mass is 392 g/mol. The Morgan fingerprint density at radius 2 is 2.35 bits per heavy atom. The molecule has 1 aromatic heterocycles. The third-order valence-electron chi connectivity index (χ3n) is 5.65. The van der Waals surface area contributed by atoms with Crippen molar-refractivity contribution >= 4 is 38.9 Å². The predicted molar refractivity (Wildman–Crippen MR) is 107 cm³/mol. The van der Waals surface area contributed by atoms with Gasteiger partial charge in [-0.3, -0.25) is 9.69 Å². The van der Waals surface area contributed by atoms with E-state index >= 15 is 0 Å². The van der Waals surface area contributed by atoms with Gasteiger partial charge >= 0.3 is 0 Å². The molecule has 0 unspecified atom stereocenters. The normalized spacial score (nSPS) is 27.1. The summed E-state index contributed by atoms with van der Waals surface area (Å²) in [6.45, 7) is 5.02. The van der Waals surface area contributed by atoms with Gasteiger partial charge in [0, 0.05) is 36.3 Å². The molecule has 2 heterocycles. The summed E-state index contributed by atoms with van der Waals surface area (Å²) in [5.41, 5.74) is 1.09. The minimum atomic E-state index is -0.244. The highest BCUT2D eigenvalue weighted by atomic mass is 35.5. The van der Waals surface area contributed by atoms with E-state index in [2.05, 4.69) is 27.7 Å². The van der Waals surface area contributed by atoms with Crippen LogP contribution in [0.4, 0.5) is 0 Å². The molecule has 26 heavy (non-hydrogen) atoms. The van der Waals surface area contributed by atoms with Gasteiger partial charge in [0.05, 0.1) is 12.6 Å². The van der Waals surface area contributed by atoms with Gasteiger partial charge in [-0.25, -0.2) is 0 Å². The molecule has 1 aliphatic carbocycles. The molecule has 4 rings (SSSR count). The van der Waals surface area contributed by atoms with Crippen molar-refractivity contribution in [1.82, 2.24) is 10.2 Å². The van der Waals surface area contributed by atoms with Crippen LogP contribution in [0.1, 0.15) is 38.2 Å². The van der Waals surface area contributed by atoms with Crippen LogP contribution in [0.3, 0.4) is 0 Å². The van der Waals surface area contributed by atoms with Crippen LogP contribution < -0.4 is 5.32 Å². The zero-order valence-corrected chi connectivity index (χ0v) is 16.7. The van der Waals surface area contributed by atoms with Gasteiger partial charge < -0.3 is 10.1 Å². The lowest BCUT2D eigenvalue weighted by molar-refractivity contribution is -0.150. The van der Waals surface area contributed by atoms with Crippen LogP contribution in [-0.2, 0) is 16.1 Å². The summed E-state index contributed by atoms with van der Waals surface area (Å²) >= 11 is 7.98. The summed E-state index contributed by atoms with van der Waals surface area (Å²) in [7, 11) is 0. The fourth-order valence-electron chi connectivity index (χ4n) is 4.45. The number of nitrogens with zero attached hydrogens (tertiary/aromatic N) is 1. The molecule has 6 heteroatoms. The Kier molecular flexibility index (Phi) is 5.24. The Bertz CT molecular complexity index is 804. The van der Waals surface area contributed by atoms with Gasteiger partial charge in [-0.15, -0.1) is 11.3 Å². The molecule has 1 spiro atoms. The van der Waals surface area contributed by atoms with Gasteiger partial charge in [-0.2, -0.15) is 0 Å². The van der Waals surface area contributed by atoms with Crippen LogP contribution in [0.2, 0.25) is 5.02 Å². The first-order valence-corrected chi connectivity index (χ1v) is 10.6. The second kappa shape index (κ2) is 7.47. The lowest BCUT2D eigenvalue weighted by atomic mass is 9.78. The number of rotatable bonds is 3. The first-order valence-electron chi connectivity index (χ1n) is 9.35. The Labute approximate surface area is 163 Å². The highest BCUT2D eigenvalue weighted by Gasteiger charge is 2.45. The number of nitrogens with one attached hydrogen (secondary N) is 1. The fraction of sp³-hybridized carbons (Fsp3) is 0.550. The summed E-state index contributed by atoms with van der Waals surface area (Å²) in [5.74, 6) is 0.0375. The summed E-state index contributed by atoms with van der Waals surface area (Å²) in [6.07, 6.45) is 4.35. The minimum Gasteiger partial charge on any atom is -0.370 e. The number of carbonyl (C=O) groups is 1. The van der Waals surface area contributed by atoms with Crippen LogP contribution in [0.15, 0.2) is 23.6 Å². The number of ether oxygens (including phenoxy) is 1. The third-order valence-corrected chi connectivity index (χ3v) is 6.90. The average molecular weight is 393 g/mol. The number of benzene rings is 1. The maximum atomic E-state index is 11.7. The van der Waals surface area contributed by atoms with Crippen molar-refractivity contribution in [3.05, 3.63) is 34.2 Å². The van der Waals surface area contributed by atoms with Gasteiger partial charge in [0.25, 0.3) is 0 Å². The second-order valence-corrected chi connectivity index (χ2v) is 8.87. The molecule has 2 fully saturated rings. The number of amides is 1. The van der Waals surface area contributed by atoms with E-state index in [0.29, 0.717) is 0 Å². The van der Waals surface area contributed by atoms with Crippen molar-refractivity contribution in [1.29, 1.82) is 0 Å². The zero-order valence-electron chi connectivity index (χ0n) is 15.1. The number of halogens is 1. The molecule has 140 valence electrons. The van der Waals surface area contributed by atoms with Gasteiger partial charge in [0.1, 0.15) is 5.60 Å². The first-order chi connectivity index (χ1) is 12.6. The maximum Gasteiger partial charge on any atom is 0.217 e. The number of hydrogen-bond acceptors (Lipinski definition) is 4. The summed E-state index contributed by atoms with van der Waals surface area (Å²) in [6, 6.07) is 6.24. The Hall–Kier alpha value is -1.14. The van der Waals surface area contributed by atoms with E-state index in [1.54, 1.807) is 18.3 Å². The standard InChI is InChI=1S/C20H25ClN2O2S/c1-14(24)22-19-4-2-3-7-20(19)13-23(8-9-25-20)11-15-12-26-18-6-5-16(21)10-17(15)18/h5-6,10,12,19H,2-4,7-9,11,13H2,1H3,(H,22,24)/t19-,20-/m1/s1. The van der Waals surface area contributed by atoms with E-state index < -0.39 is 0 Å². The quantitative estimate of drug-likeness (QED) is 0.850. The summed E-state index contributed by atoms with van der Waals surface area (Å²) in [4.78, 5) is 14.1. The van der Waals surface area contributed by atoms with E-state index in [1.807, 2.05) is 6.07 Å². The number of hydrogen-bond donors (Lipinski definition) is 1. The Balaban J connectivity index is 1.54. The molecule has 1 saturated carbocycles. The van der Waals surface area contributed by atoms with Crippen molar-refractivity contribution in [3.8, 4) is 0 Å². The van der Waals surface area contributed by atoms with Crippen molar-refractivity contribution in [2.75, 3.05) is 19.7 Å². The Morgan fingerprint density at radius 3 is 3.19 bits per heavy atom. The van der Waals surface area contributed by atoms with Crippen LogP contribution in [0.5, 0.6) is 0 Å². The molecule has 1 aromatic carbocycles. The molecular weight excluding hydrogens is 368 g/mol. The van der Waals surface area contributed by atoms with E-state index in [4.69, 9.17) is 16.3 Å². The van der Waals surface area contributed by atoms with Crippen molar-refractivity contribution in [2.24, 2.45) is 0 Å². The zero-order chi connectivity index (χ0) is 18.1. The van der Waals surface area contributed by atoms with E-state index in [-0.39, 0.29) is 17.6 Å². The van der Waals surface area contributed by atoms with E-state index in [1.165, 1.54) is 22.1 Å². The van der Waals surface area contributed by atoms with Crippen LogP contribution in [0.25, 0.3) is 10.1 Å². The summed E-state index contributed by atoms with van der Waals surface area (Å²) < 4.78 is 7.58. The van der Waals surface area contributed by atoms with Crippen LogP contribution in [-0.4, -0.2) is 42.1 Å². The molecule has 4 nitrogen and oxygen atoms in total. The van der Waals surface area contributed by atoms with Crippen molar-refractivity contribution in [3.63, 3.8) is 0 Å². The Morgan fingerprint density at radius 1 is 1.46 bits per heavy atom. The molecule has 0 bridgehead atoms. The van der Waals surface area contributed by atoms with Crippen LogP contribution in [0, 0.1) is 0 Å². The first kappa shape index (κ1) is 18.2. The third kappa shape index (κ3) is 3.63. The average Bonchev–Trinajstić information content (AvgIpc) is 2.99. The molecule has 0 radical (unpaired) electrons. The fourth-order valence-corrected chi connectivity index (χ4v) is 5.56. The summed E-state index contributed by atoms with van der Waals surface area (Å²) in [5, 5.41) is 7.44. The lowest BCUT2D eigenvalue weighted by Crippen LogP contribution is -2.63. The molecule has 1 amide bonds. The topological polar surface area (TPSA) is 41.6 Å². The van der Waals surface area contributed by atoms with Crippen molar-refractivity contribution in [2.45, 2.75) is 50.8 Å². The van der Waals surface area contributed by atoms with Crippen molar-refractivity contribution < 1.29 is 9.53 Å². The highest BCUT2D eigenvalue weighted by Crippen LogP contribution is 2.36. The molecule has 2 aliphatic rings. The molecule has 2 atom stereocenters. The number of fused-ring (bicyclic) bond motifs is 1. The van der Waals surface area contributed by atoms with Gasteiger partial charge in [-0.1, -0.05) is 24.4 Å². The smallest absolute Gasteiger partial charge is 0.217 e. The number of carbonyl (C=O) groups excluding carboxylic acids is 1. The molecule has 1 saturated heterocycles. The largest absolute Gasteiger partial charge is 0.370 e. The molecule has 1 N–H and O–H groups in total. The van der Waals surface area contributed by atoms with Crippen LogP contribution >= 0.6 is 22.9 Å². The number of morpholine rings is 1. The molecule has 2 aromatic rings. The lowest BCUT2D eigenvalue weighted by Gasteiger charge is -2.49. The van der Waals surface area contributed by atoms with E-state index in [0.717, 1.165) is 50.5 Å². The SMILES string of the molecule is CC(=O)N[C@@H]1CCCC[C@@]12CN(Cc1csc3ccc(Cl)cc13)CCO2. The maximum absolute atomic E-state index is 11.7. The second-order valence-electron chi connectivity index (χ2n) is 7.52. The number of thiophene rings is 1. The van der Waals surface area contributed by atoms with Gasteiger partial charge in [-0.05, 0) is 47.4 Å². The van der Waals surface area contributed by atoms with E-state index in [9.17, 15) is 4.79 Å². The molecule has 1 aliphatic heterocycles. The predicted octanol–water partition coefficient (Wildman–Crippen LogP) is 4.20. The molecular formula is C20H25ClN2O2S. The minimum absolute atomic E-state index is 0.0375. The van der Waals surface area contributed by atoms with Gasteiger partial charge in [0.2, 0.25) is 5.91 Å².